The molecule has 0 unspecified atom stereocenters. The zero-order valence-corrected chi connectivity index (χ0v) is 17.9. The molecule has 160 valence electrons. The van der Waals surface area contributed by atoms with Crippen LogP contribution in [0.2, 0.25) is 0 Å². The van der Waals surface area contributed by atoms with E-state index in [1.54, 1.807) is 10.6 Å². The molecule has 3 heterocycles. The molecule has 2 aliphatic heterocycles. The Balaban J connectivity index is 1.66. The largest absolute Gasteiger partial charge is 0.497 e. The van der Waals surface area contributed by atoms with Gasteiger partial charge in [-0.2, -0.15) is 9.29 Å². The molecule has 2 aromatic rings. The van der Waals surface area contributed by atoms with Crippen LogP contribution in [0.1, 0.15) is 54.4 Å². The van der Waals surface area contributed by atoms with E-state index in [2.05, 4.69) is 4.98 Å². The van der Waals surface area contributed by atoms with Gasteiger partial charge >= 0.3 is 0 Å². The van der Waals surface area contributed by atoms with Crippen molar-refractivity contribution in [1.29, 1.82) is 0 Å². The molecule has 9 nitrogen and oxygen atoms in total. The highest BCUT2D eigenvalue weighted by Crippen LogP contribution is 2.38. The minimum atomic E-state index is -4.11. The maximum Gasteiger partial charge on any atom is 0.272 e. The van der Waals surface area contributed by atoms with Crippen molar-refractivity contribution in [3.63, 3.8) is 0 Å². The van der Waals surface area contributed by atoms with E-state index in [-0.39, 0.29) is 27.8 Å². The van der Waals surface area contributed by atoms with Gasteiger partial charge in [-0.1, -0.05) is 13.8 Å². The second-order valence-electron chi connectivity index (χ2n) is 7.63. The van der Waals surface area contributed by atoms with Crippen LogP contribution < -0.4 is 15.0 Å². The Morgan fingerprint density at radius 2 is 1.93 bits per heavy atom. The monoisotopic (exact) mass is 433 g/mol. The van der Waals surface area contributed by atoms with E-state index in [9.17, 15) is 18.0 Å². The van der Waals surface area contributed by atoms with Crippen molar-refractivity contribution >= 4 is 15.9 Å². The van der Waals surface area contributed by atoms with Crippen LogP contribution >= 0.6 is 0 Å². The van der Waals surface area contributed by atoms with Crippen LogP contribution in [0.5, 0.6) is 11.6 Å². The molecule has 0 radical (unpaired) electrons. The van der Waals surface area contributed by atoms with Gasteiger partial charge in [-0.3, -0.25) is 14.2 Å². The van der Waals surface area contributed by atoms with Crippen LogP contribution in [0, 0.1) is 0 Å². The quantitative estimate of drug-likeness (QED) is 0.708. The summed E-state index contributed by atoms with van der Waals surface area (Å²) in [6.07, 6.45) is 2.48. The lowest BCUT2D eigenvalue weighted by molar-refractivity contribution is 0.0784. The Kier molecular flexibility index (Phi) is 5.05. The average molecular weight is 433 g/mol. The zero-order chi connectivity index (χ0) is 21.6. The van der Waals surface area contributed by atoms with E-state index >= 15 is 0 Å². The molecular weight excluding hydrogens is 410 g/mol. The first-order valence-corrected chi connectivity index (χ1v) is 11.2. The van der Waals surface area contributed by atoms with Crippen molar-refractivity contribution in [3.05, 3.63) is 45.5 Å². The van der Waals surface area contributed by atoms with Crippen molar-refractivity contribution in [2.75, 3.05) is 13.8 Å². The Labute approximate surface area is 174 Å². The van der Waals surface area contributed by atoms with Gasteiger partial charge in [-0.15, -0.1) is 0 Å². The number of hydrogen-bond donors (Lipinski definition) is 0. The first kappa shape index (κ1) is 20.4. The van der Waals surface area contributed by atoms with Crippen molar-refractivity contribution in [2.24, 2.45) is 0 Å². The van der Waals surface area contributed by atoms with Crippen LogP contribution in [0.4, 0.5) is 0 Å². The van der Waals surface area contributed by atoms with Gasteiger partial charge in [0.05, 0.1) is 18.7 Å². The molecule has 30 heavy (non-hydrogen) atoms. The number of benzene rings is 1. The van der Waals surface area contributed by atoms with Gasteiger partial charge in [0.25, 0.3) is 21.5 Å². The SMILES string of the molecule is COc1cc(C(C)C)c2c(c1)S(=O)(=O)N(COc1cc(=O)n3c(n1)CCCC3)C2=O. The van der Waals surface area contributed by atoms with Crippen LogP contribution in [0.3, 0.4) is 0 Å². The summed E-state index contributed by atoms with van der Waals surface area (Å²) in [7, 11) is -2.67. The molecule has 0 saturated heterocycles. The molecule has 1 aromatic heterocycles. The second-order valence-corrected chi connectivity index (χ2v) is 9.46. The first-order chi connectivity index (χ1) is 14.2. The molecule has 10 heteroatoms. The number of sulfonamides is 1. The fourth-order valence-electron chi connectivity index (χ4n) is 3.81. The Hall–Kier alpha value is -2.88. The van der Waals surface area contributed by atoms with Crippen LogP contribution in [0.25, 0.3) is 0 Å². The van der Waals surface area contributed by atoms with E-state index < -0.39 is 22.7 Å². The standard InChI is InChI=1S/C20H23N3O6S/c1-12(2)14-8-13(28-3)9-15-19(14)20(25)23(30(15,26)27)11-29-17-10-18(24)22-7-5-4-6-16(22)21-17/h8-10,12H,4-7,11H2,1-3H3. The normalized spacial score (nSPS) is 17.1. The molecule has 4 rings (SSSR count). The summed E-state index contributed by atoms with van der Waals surface area (Å²) in [5.41, 5.74) is 0.471. The van der Waals surface area contributed by atoms with Crippen LogP contribution in [-0.4, -0.2) is 42.0 Å². The number of aromatic nitrogens is 2. The predicted molar refractivity (Wildman–Crippen MR) is 107 cm³/mol. The summed E-state index contributed by atoms with van der Waals surface area (Å²) < 4.78 is 39.1. The lowest BCUT2D eigenvalue weighted by Gasteiger charge is -2.19. The van der Waals surface area contributed by atoms with E-state index in [0.717, 1.165) is 12.8 Å². The summed E-state index contributed by atoms with van der Waals surface area (Å²) >= 11 is 0. The van der Waals surface area contributed by atoms with Crippen molar-refractivity contribution in [3.8, 4) is 11.6 Å². The van der Waals surface area contributed by atoms with Crippen LogP contribution in [0.15, 0.2) is 27.9 Å². The summed E-state index contributed by atoms with van der Waals surface area (Å²) in [5.74, 6) is 0.228. The minimum absolute atomic E-state index is 0.00812. The number of nitrogens with zero attached hydrogens (tertiary/aromatic N) is 3. The van der Waals surface area contributed by atoms with Gasteiger partial charge in [-0.25, -0.2) is 8.42 Å². The third kappa shape index (κ3) is 3.24. The van der Waals surface area contributed by atoms with E-state index in [1.165, 1.54) is 19.2 Å². The van der Waals surface area contributed by atoms with Crippen molar-refractivity contribution in [1.82, 2.24) is 13.9 Å². The molecule has 1 aromatic carbocycles. The van der Waals surface area contributed by atoms with Gasteiger partial charge in [-0.05, 0) is 30.4 Å². The summed E-state index contributed by atoms with van der Waals surface area (Å²) in [5, 5.41) is 0. The lowest BCUT2D eigenvalue weighted by Crippen LogP contribution is -2.35. The predicted octanol–water partition coefficient (Wildman–Crippen LogP) is 1.89. The smallest absolute Gasteiger partial charge is 0.272 e. The number of methoxy groups -OCH3 is 1. The molecule has 0 fully saturated rings. The minimum Gasteiger partial charge on any atom is -0.497 e. The number of amides is 1. The van der Waals surface area contributed by atoms with Crippen molar-refractivity contribution < 1.29 is 22.7 Å². The number of aryl methyl sites for hydroxylation is 1. The second kappa shape index (κ2) is 7.42. The van der Waals surface area contributed by atoms with Gasteiger partial charge in [0, 0.05) is 19.0 Å². The Morgan fingerprint density at radius 1 is 1.17 bits per heavy atom. The van der Waals surface area contributed by atoms with Gasteiger partial charge in [0.15, 0.2) is 6.73 Å². The molecule has 0 atom stereocenters. The average Bonchev–Trinajstić information content (AvgIpc) is 2.91. The molecule has 0 N–H and O–H groups in total. The summed E-state index contributed by atoms with van der Waals surface area (Å²) in [6, 6.07) is 4.24. The number of carbonyl (C=O) groups excluding carboxylic acids is 1. The number of rotatable bonds is 5. The molecule has 0 saturated carbocycles. The Bertz CT molecular complexity index is 1190. The fourth-order valence-corrected chi connectivity index (χ4v) is 5.28. The highest BCUT2D eigenvalue weighted by atomic mass is 32.2. The number of carbonyl (C=O) groups is 1. The number of hydrogen-bond acceptors (Lipinski definition) is 7. The Morgan fingerprint density at radius 3 is 2.63 bits per heavy atom. The zero-order valence-electron chi connectivity index (χ0n) is 17.0. The van der Waals surface area contributed by atoms with Crippen molar-refractivity contribution in [2.45, 2.75) is 50.5 Å². The van der Waals surface area contributed by atoms with Gasteiger partial charge < -0.3 is 9.47 Å². The van der Waals surface area contributed by atoms with E-state index in [0.29, 0.717) is 34.4 Å². The van der Waals surface area contributed by atoms with Crippen LogP contribution in [-0.2, 0) is 23.0 Å². The lowest BCUT2D eigenvalue weighted by atomic mass is 9.96. The molecular formula is C20H23N3O6S. The highest BCUT2D eigenvalue weighted by Gasteiger charge is 2.44. The number of fused-ring (bicyclic) bond motifs is 2. The summed E-state index contributed by atoms with van der Waals surface area (Å²) in [4.78, 5) is 29.5. The molecule has 2 aliphatic rings. The first-order valence-electron chi connectivity index (χ1n) is 9.76. The van der Waals surface area contributed by atoms with Gasteiger partial charge in [0.1, 0.15) is 16.5 Å². The molecule has 0 spiro atoms. The van der Waals surface area contributed by atoms with E-state index in [4.69, 9.17) is 9.47 Å². The molecule has 0 bridgehead atoms. The number of ether oxygens (including phenoxy) is 2. The third-order valence-electron chi connectivity index (χ3n) is 5.40. The molecule has 1 amide bonds. The topological polar surface area (TPSA) is 108 Å². The third-order valence-corrected chi connectivity index (χ3v) is 7.13. The van der Waals surface area contributed by atoms with Gasteiger partial charge in [0.2, 0.25) is 5.88 Å². The van der Waals surface area contributed by atoms with E-state index in [1.807, 2.05) is 13.8 Å². The fraction of sp³-hybridized carbons (Fsp3) is 0.450. The molecule has 0 aliphatic carbocycles. The maximum atomic E-state index is 13.0. The summed E-state index contributed by atoms with van der Waals surface area (Å²) in [6.45, 7) is 3.79. The maximum absolute atomic E-state index is 13.0. The highest BCUT2D eigenvalue weighted by molar-refractivity contribution is 7.90.